The second-order valence-corrected chi connectivity index (χ2v) is 7.18. The Morgan fingerprint density at radius 2 is 1.83 bits per heavy atom. The molecule has 0 unspecified atom stereocenters. The van der Waals surface area contributed by atoms with Gasteiger partial charge in [0.25, 0.3) is 0 Å². The van der Waals surface area contributed by atoms with Crippen molar-refractivity contribution < 1.29 is 14.0 Å². The van der Waals surface area contributed by atoms with Gasteiger partial charge in [-0.25, -0.2) is 14.4 Å². The molecule has 0 atom stereocenters. The molecule has 9 heteroatoms. The number of carbonyl (C=O) groups is 2. The van der Waals surface area contributed by atoms with Crippen LogP contribution in [0, 0.1) is 12.7 Å². The SMILES string of the molecule is Cc1nccn1-c1cc(CNC(=O)CSCC(=O)Nc2ccc(F)cc2)ccn1. The first-order chi connectivity index (χ1) is 14.0. The van der Waals surface area contributed by atoms with Gasteiger partial charge in [-0.15, -0.1) is 11.8 Å². The van der Waals surface area contributed by atoms with E-state index in [2.05, 4.69) is 20.6 Å². The maximum absolute atomic E-state index is 12.9. The third-order valence-electron chi connectivity index (χ3n) is 3.97. The molecule has 2 heterocycles. The number of hydrogen-bond donors (Lipinski definition) is 2. The van der Waals surface area contributed by atoms with Crippen molar-refractivity contribution in [2.75, 3.05) is 16.8 Å². The number of pyridine rings is 1. The van der Waals surface area contributed by atoms with Gasteiger partial charge in [0.15, 0.2) is 0 Å². The number of halogens is 1. The number of carbonyl (C=O) groups excluding carboxylic acids is 2. The highest BCUT2D eigenvalue weighted by Gasteiger charge is 2.08. The lowest BCUT2D eigenvalue weighted by molar-refractivity contribution is -0.118. The van der Waals surface area contributed by atoms with Gasteiger partial charge < -0.3 is 10.6 Å². The molecule has 2 amide bonds. The average molecular weight is 413 g/mol. The van der Waals surface area contributed by atoms with Crippen LogP contribution in [0.4, 0.5) is 10.1 Å². The van der Waals surface area contributed by atoms with E-state index in [1.165, 1.54) is 36.0 Å². The second-order valence-electron chi connectivity index (χ2n) is 6.19. The standard InChI is InChI=1S/C20H20FN5O2S/c1-14-22-8-9-26(14)18-10-15(6-7-23-18)11-24-19(27)12-29-13-20(28)25-17-4-2-16(21)3-5-17/h2-10H,11-13H2,1H3,(H,24,27)(H,25,28). The third-order valence-corrected chi connectivity index (χ3v) is 4.90. The minimum atomic E-state index is -0.365. The molecule has 3 aromatic rings. The minimum absolute atomic E-state index is 0.129. The maximum Gasteiger partial charge on any atom is 0.234 e. The quantitative estimate of drug-likeness (QED) is 0.593. The van der Waals surface area contributed by atoms with Crippen molar-refractivity contribution in [3.63, 3.8) is 0 Å². The fraction of sp³-hybridized carbons (Fsp3) is 0.200. The molecule has 1 aromatic carbocycles. The molecular formula is C20H20FN5O2S. The molecule has 0 radical (unpaired) electrons. The molecule has 3 rings (SSSR count). The van der Waals surface area contributed by atoms with Gasteiger partial charge in [-0.1, -0.05) is 0 Å². The van der Waals surface area contributed by atoms with Crippen LogP contribution in [0.25, 0.3) is 5.82 Å². The van der Waals surface area contributed by atoms with E-state index in [-0.39, 0.29) is 29.1 Å². The van der Waals surface area contributed by atoms with E-state index in [9.17, 15) is 14.0 Å². The summed E-state index contributed by atoms with van der Waals surface area (Å²) in [5.74, 6) is 1.08. The summed E-state index contributed by atoms with van der Waals surface area (Å²) in [6, 6.07) is 9.24. The molecule has 0 saturated heterocycles. The summed E-state index contributed by atoms with van der Waals surface area (Å²) in [7, 11) is 0. The highest BCUT2D eigenvalue weighted by molar-refractivity contribution is 8.00. The number of hydrogen-bond acceptors (Lipinski definition) is 5. The summed E-state index contributed by atoms with van der Waals surface area (Å²) in [5.41, 5.74) is 1.43. The van der Waals surface area contributed by atoms with E-state index in [1.54, 1.807) is 12.4 Å². The van der Waals surface area contributed by atoms with Crippen molar-refractivity contribution in [1.29, 1.82) is 0 Å². The number of nitrogens with zero attached hydrogens (tertiary/aromatic N) is 3. The van der Waals surface area contributed by atoms with Gasteiger partial charge in [0, 0.05) is 30.8 Å². The zero-order chi connectivity index (χ0) is 20.6. The van der Waals surface area contributed by atoms with E-state index in [0.717, 1.165) is 17.2 Å². The molecule has 0 fully saturated rings. The monoisotopic (exact) mass is 413 g/mol. The lowest BCUT2D eigenvalue weighted by Crippen LogP contribution is -2.25. The summed E-state index contributed by atoms with van der Waals surface area (Å²) in [4.78, 5) is 32.4. The lowest BCUT2D eigenvalue weighted by atomic mass is 10.2. The third kappa shape index (κ3) is 6.15. The molecular weight excluding hydrogens is 393 g/mol. The highest BCUT2D eigenvalue weighted by atomic mass is 32.2. The molecule has 150 valence electrons. The Morgan fingerprint density at radius 3 is 2.55 bits per heavy atom. The van der Waals surface area contributed by atoms with Crippen LogP contribution in [-0.2, 0) is 16.1 Å². The van der Waals surface area contributed by atoms with Crippen molar-refractivity contribution in [1.82, 2.24) is 19.9 Å². The van der Waals surface area contributed by atoms with E-state index < -0.39 is 0 Å². The summed E-state index contributed by atoms with van der Waals surface area (Å²) < 4.78 is 14.7. The Bertz CT molecular complexity index is 991. The molecule has 0 aliphatic carbocycles. The van der Waals surface area contributed by atoms with Crippen LogP contribution in [0.1, 0.15) is 11.4 Å². The van der Waals surface area contributed by atoms with Gasteiger partial charge in [0.1, 0.15) is 17.5 Å². The van der Waals surface area contributed by atoms with Gasteiger partial charge in [-0.3, -0.25) is 14.2 Å². The first-order valence-corrected chi connectivity index (χ1v) is 10.0. The average Bonchev–Trinajstić information content (AvgIpc) is 3.14. The summed E-state index contributed by atoms with van der Waals surface area (Å²) in [5, 5.41) is 5.48. The van der Waals surface area contributed by atoms with Gasteiger partial charge in [0.05, 0.1) is 11.5 Å². The number of anilines is 1. The topological polar surface area (TPSA) is 88.9 Å². The van der Waals surface area contributed by atoms with Crippen molar-refractivity contribution in [2.45, 2.75) is 13.5 Å². The maximum atomic E-state index is 12.9. The van der Waals surface area contributed by atoms with Gasteiger partial charge >= 0.3 is 0 Å². The largest absolute Gasteiger partial charge is 0.351 e. The zero-order valence-corrected chi connectivity index (χ0v) is 16.6. The van der Waals surface area contributed by atoms with E-state index in [0.29, 0.717) is 12.2 Å². The molecule has 0 saturated carbocycles. The van der Waals surface area contributed by atoms with Gasteiger partial charge in [0.2, 0.25) is 11.8 Å². The molecule has 2 N–H and O–H groups in total. The minimum Gasteiger partial charge on any atom is -0.351 e. The van der Waals surface area contributed by atoms with E-state index in [1.807, 2.05) is 29.8 Å². The van der Waals surface area contributed by atoms with Crippen LogP contribution in [0.2, 0.25) is 0 Å². The van der Waals surface area contributed by atoms with Crippen LogP contribution >= 0.6 is 11.8 Å². The van der Waals surface area contributed by atoms with Crippen molar-refractivity contribution in [3.8, 4) is 5.82 Å². The number of thioether (sulfide) groups is 1. The molecule has 29 heavy (non-hydrogen) atoms. The van der Waals surface area contributed by atoms with E-state index in [4.69, 9.17) is 0 Å². The van der Waals surface area contributed by atoms with Crippen LogP contribution in [0.3, 0.4) is 0 Å². The Labute approximate surface area is 171 Å². The summed E-state index contributed by atoms with van der Waals surface area (Å²) in [6.07, 6.45) is 5.22. The predicted molar refractivity (Wildman–Crippen MR) is 110 cm³/mol. The second kappa shape index (κ2) is 9.83. The molecule has 0 bridgehead atoms. The van der Waals surface area contributed by atoms with E-state index >= 15 is 0 Å². The first kappa shape index (κ1) is 20.5. The smallest absolute Gasteiger partial charge is 0.234 e. The molecule has 0 aliphatic heterocycles. The van der Waals surface area contributed by atoms with Crippen LogP contribution in [0.15, 0.2) is 55.0 Å². The van der Waals surface area contributed by atoms with Gasteiger partial charge in [-0.05, 0) is 48.9 Å². The number of benzene rings is 1. The summed E-state index contributed by atoms with van der Waals surface area (Å²) >= 11 is 1.21. The van der Waals surface area contributed by atoms with Crippen molar-refractivity contribution >= 4 is 29.3 Å². The zero-order valence-electron chi connectivity index (χ0n) is 15.8. The molecule has 7 nitrogen and oxygen atoms in total. The molecule has 2 aromatic heterocycles. The van der Waals surface area contributed by atoms with Gasteiger partial charge in [-0.2, -0.15) is 0 Å². The molecule has 0 aliphatic rings. The number of imidazole rings is 1. The normalized spacial score (nSPS) is 10.6. The summed E-state index contributed by atoms with van der Waals surface area (Å²) in [6.45, 7) is 2.25. The first-order valence-electron chi connectivity index (χ1n) is 8.86. The molecule has 0 spiro atoms. The number of rotatable bonds is 8. The number of aromatic nitrogens is 3. The number of nitrogens with one attached hydrogen (secondary N) is 2. The van der Waals surface area contributed by atoms with Crippen LogP contribution in [0.5, 0.6) is 0 Å². The van der Waals surface area contributed by atoms with Crippen LogP contribution < -0.4 is 10.6 Å². The highest BCUT2D eigenvalue weighted by Crippen LogP contribution is 2.11. The predicted octanol–water partition coefficient (Wildman–Crippen LogP) is 2.70. The Kier molecular flexibility index (Phi) is 6.96. The van der Waals surface area contributed by atoms with Crippen molar-refractivity contribution in [3.05, 3.63) is 72.2 Å². The van der Waals surface area contributed by atoms with Crippen LogP contribution in [-0.4, -0.2) is 37.9 Å². The Hall–Kier alpha value is -3.20. The number of amides is 2. The lowest BCUT2D eigenvalue weighted by Gasteiger charge is -2.08. The van der Waals surface area contributed by atoms with Crippen molar-refractivity contribution in [2.24, 2.45) is 0 Å². The Balaban J connectivity index is 1.40. The number of aryl methyl sites for hydroxylation is 1. The fourth-order valence-corrected chi connectivity index (χ4v) is 3.19. The Morgan fingerprint density at radius 1 is 1.07 bits per heavy atom. The fourth-order valence-electron chi connectivity index (χ4n) is 2.54.